The minimum Gasteiger partial charge on any atom is -0.356 e. The third-order valence-corrected chi connectivity index (χ3v) is 1.27. The molecule has 11 heavy (non-hydrogen) atoms. The molecule has 0 heterocycles. The van der Waals surface area contributed by atoms with Crippen LogP contribution in [0.3, 0.4) is 0 Å². The normalized spacial score (nSPS) is 11.7. The predicted molar refractivity (Wildman–Crippen MR) is 41.8 cm³/mol. The Morgan fingerprint density at radius 2 is 2.36 bits per heavy atom. The molecule has 0 aliphatic carbocycles. The topological polar surface area (TPSA) is 64.9 Å². The van der Waals surface area contributed by atoms with Gasteiger partial charge in [-0.25, -0.2) is 0 Å². The molecule has 62 valence electrons. The minimum absolute atomic E-state index is 0.0894. The molecule has 0 spiro atoms. The summed E-state index contributed by atoms with van der Waals surface area (Å²) in [5.74, 6) is -0.0894. The van der Waals surface area contributed by atoms with Crippen LogP contribution in [0.4, 0.5) is 0 Å². The zero-order valence-corrected chi connectivity index (χ0v) is 6.85. The molecule has 4 nitrogen and oxygen atoms in total. The van der Waals surface area contributed by atoms with E-state index in [2.05, 4.69) is 10.6 Å². The number of nitriles is 1. The van der Waals surface area contributed by atoms with E-state index in [9.17, 15) is 4.79 Å². The molecule has 2 N–H and O–H groups in total. The number of carbonyl (C=O) groups excluding carboxylic acids is 1. The summed E-state index contributed by atoms with van der Waals surface area (Å²) in [6, 6.07) is 1.60. The smallest absolute Gasteiger partial charge is 0.222 e. The Labute approximate surface area is 66.6 Å². The highest BCUT2D eigenvalue weighted by atomic mass is 16.1. The lowest BCUT2D eigenvalue weighted by Crippen LogP contribution is -2.32. The molecule has 0 saturated carbocycles. The van der Waals surface area contributed by atoms with Gasteiger partial charge >= 0.3 is 0 Å². The van der Waals surface area contributed by atoms with Crippen molar-refractivity contribution in [2.75, 3.05) is 13.6 Å². The van der Waals surface area contributed by atoms with Gasteiger partial charge in [0.05, 0.1) is 12.5 Å². The summed E-state index contributed by atoms with van der Waals surface area (Å²) in [6.45, 7) is 2.46. The number of carbonyl (C=O) groups is 1. The van der Waals surface area contributed by atoms with Crippen LogP contribution in [0.15, 0.2) is 0 Å². The third-order valence-electron chi connectivity index (χ3n) is 1.27. The molecule has 1 amide bonds. The van der Waals surface area contributed by atoms with Gasteiger partial charge in [0.15, 0.2) is 0 Å². The van der Waals surface area contributed by atoms with Gasteiger partial charge in [0.1, 0.15) is 6.04 Å². The molecular weight excluding hydrogens is 142 g/mol. The largest absolute Gasteiger partial charge is 0.356 e. The van der Waals surface area contributed by atoms with Crippen LogP contribution < -0.4 is 10.6 Å². The summed E-state index contributed by atoms with van der Waals surface area (Å²) in [6.07, 6.45) is 0.223. The van der Waals surface area contributed by atoms with Crippen LogP contribution in [-0.2, 0) is 4.79 Å². The molecule has 0 aliphatic heterocycles. The molecule has 0 radical (unpaired) electrons. The van der Waals surface area contributed by atoms with Gasteiger partial charge in [0.25, 0.3) is 0 Å². The molecule has 0 aromatic heterocycles. The lowest BCUT2D eigenvalue weighted by atomic mass is 10.2. The van der Waals surface area contributed by atoms with E-state index >= 15 is 0 Å². The number of rotatable bonds is 4. The first-order valence-corrected chi connectivity index (χ1v) is 3.58. The van der Waals surface area contributed by atoms with E-state index in [1.807, 2.05) is 13.0 Å². The Morgan fingerprint density at radius 3 is 2.73 bits per heavy atom. The summed E-state index contributed by atoms with van der Waals surface area (Å²) in [5.41, 5.74) is 0. The first-order valence-electron chi connectivity index (χ1n) is 3.58. The molecule has 1 atom stereocenters. The fourth-order valence-corrected chi connectivity index (χ4v) is 0.667. The lowest BCUT2D eigenvalue weighted by Gasteiger charge is -2.06. The first-order chi connectivity index (χ1) is 5.24. The molecule has 0 aromatic rings. The van der Waals surface area contributed by atoms with E-state index in [0.29, 0.717) is 6.54 Å². The monoisotopic (exact) mass is 155 g/mol. The van der Waals surface area contributed by atoms with Gasteiger partial charge in [-0.15, -0.1) is 0 Å². The second-order valence-corrected chi connectivity index (χ2v) is 2.13. The maximum Gasteiger partial charge on any atom is 0.222 e. The predicted octanol–water partition coefficient (Wildman–Crippen LogP) is -0.376. The van der Waals surface area contributed by atoms with Crippen LogP contribution in [-0.4, -0.2) is 25.5 Å². The third kappa shape index (κ3) is 4.34. The van der Waals surface area contributed by atoms with Crippen LogP contribution in [0.1, 0.15) is 13.3 Å². The zero-order chi connectivity index (χ0) is 8.69. The van der Waals surface area contributed by atoms with Crippen molar-refractivity contribution in [1.29, 1.82) is 5.26 Å². The van der Waals surface area contributed by atoms with Crippen molar-refractivity contribution in [3.05, 3.63) is 0 Å². The lowest BCUT2D eigenvalue weighted by molar-refractivity contribution is -0.121. The van der Waals surface area contributed by atoms with E-state index in [4.69, 9.17) is 5.26 Å². The molecule has 0 bridgehead atoms. The van der Waals surface area contributed by atoms with Gasteiger partial charge in [-0.1, -0.05) is 0 Å². The molecular formula is C7H13N3O. The van der Waals surface area contributed by atoms with Gasteiger partial charge in [-0.3, -0.25) is 4.79 Å². The van der Waals surface area contributed by atoms with Crippen LogP contribution in [0.25, 0.3) is 0 Å². The Morgan fingerprint density at radius 1 is 1.73 bits per heavy atom. The van der Waals surface area contributed by atoms with Crippen LogP contribution in [0, 0.1) is 11.3 Å². The second kappa shape index (κ2) is 5.69. The fourth-order valence-electron chi connectivity index (χ4n) is 0.667. The summed E-state index contributed by atoms with van der Waals surface area (Å²) >= 11 is 0. The maximum absolute atomic E-state index is 10.9. The fraction of sp³-hybridized carbons (Fsp3) is 0.714. The molecule has 0 fully saturated rings. The summed E-state index contributed by atoms with van der Waals surface area (Å²) in [5, 5.41) is 13.8. The van der Waals surface area contributed by atoms with Gasteiger partial charge in [-0.05, 0) is 14.0 Å². The Hall–Kier alpha value is -1.08. The van der Waals surface area contributed by atoms with Crippen LogP contribution in [0.2, 0.25) is 0 Å². The van der Waals surface area contributed by atoms with Gasteiger partial charge in [0.2, 0.25) is 5.91 Å². The number of nitrogens with one attached hydrogen (secondary N) is 2. The van der Waals surface area contributed by atoms with Crippen molar-refractivity contribution in [3.8, 4) is 6.07 Å². The quantitative estimate of drug-likeness (QED) is 0.582. The Bertz CT molecular complexity index is 162. The van der Waals surface area contributed by atoms with Crippen molar-refractivity contribution >= 4 is 5.91 Å². The van der Waals surface area contributed by atoms with E-state index in [0.717, 1.165) is 0 Å². The second-order valence-electron chi connectivity index (χ2n) is 2.13. The number of amides is 1. The van der Waals surface area contributed by atoms with Crippen molar-refractivity contribution in [3.63, 3.8) is 0 Å². The highest BCUT2D eigenvalue weighted by molar-refractivity contribution is 5.76. The average Bonchev–Trinajstić information content (AvgIpc) is 2.01. The molecule has 4 heteroatoms. The number of nitrogens with zero attached hydrogens (tertiary/aromatic N) is 1. The summed E-state index contributed by atoms with van der Waals surface area (Å²) in [4.78, 5) is 10.9. The van der Waals surface area contributed by atoms with Crippen molar-refractivity contribution in [1.82, 2.24) is 10.6 Å². The van der Waals surface area contributed by atoms with E-state index in [-0.39, 0.29) is 18.4 Å². The number of hydrogen-bond donors (Lipinski definition) is 2. The number of hydrogen-bond acceptors (Lipinski definition) is 3. The maximum atomic E-state index is 10.9. The Balaban J connectivity index is 3.65. The van der Waals surface area contributed by atoms with Crippen LogP contribution >= 0.6 is 0 Å². The van der Waals surface area contributed by atoms with Crippen LogP contribution in [0.5, 0.6) is 0 Å². The van der Waals surface area contributed by atoms with E-state index < -0.39 is 0 Å². The zero-order valence-electron chi connectivity index (χ0n) is 6.85. The van der Waals surface area contributed by atoms with Gasteiger partial charge in [0, 0.05) is 6.54 Å². The summed E-state index contributed by atoms with van der Waals surface area (Å²) < 4.78 is 0. The van der Waals surface area contributed by atoms with Gasteiger partial charge in [-0.2, -0.15) is 5.26 Å². The highest BCUT2D eigenvalue weighted by Gasteiger charge is 2.08. The highest BCUT2D eigenvalue weighted by Crippen LogP contribution is 1.87. The molecule has 0 aliphatic rings. The standard InChI is InChI=1S/C7H13N3O/c1-3-10-7(11)4-6(5-8)9-2/h6,9H,3-4H2,1-2H3,(H,10,11). The molecule has 0 saturated heterocycles. The molecule has 0 rings (SSSR count). The first kappa shape index (κ1) is 9.92. The van der Waals surface area contributed by atoms with Crippen molar-refractivity contribution < 1.29 is 4.79 Å². The Kier molecular flexibility index (Phi) is 5.13. The minimum atomic E-state index is -0.374. The van der Waals surface area contributed by atoms with Crippen molar-refractivity contribution in [2.24, 2.45) is 0 Å². The van der Waals surface area contributed by atoms with E-state index in [1.54, 1.807) is 7.05 Å². The van der Waals surface area contributed by atoms with Gasteiger partial charge < -0.3 is 10.6 Å². The summed E-state index contributed by atoms with van der Waals surface area (Å²) in [7, 11) is 1.66. The van der Waals surface area contributed by atoms with E-state index in [1.165, 1.54) is 0 Å². The molecule has 1 unspecified atom stereocenters. The average molecular weight is 155 g/mol. The van der Waals surface area contributed by atoms with Crippen molar-refractivity contribution in [2.45, 2.75) is 19.4 Å². The SMILES string of the molecule is CCNC(=O)CC(C#N)NC. The molecule has 0 aromatic carbocycles.